The van der Waals surface area contributed by atoms with Crippen LogP contribution in [0.15, 0.2) is 158 Å². The van der Waals surface area contributed by atoms with Gasteiger partial charge in [0.25, 0.3) is 0 Å². The molecule has 6 aromatic carbocycles. The summed E-state index contributed by atoms with van der Waals surface area (Å²) in [5.74, 6) is 2.11. The summed E-state index contributed by atoms with van der Waals surface area (Å²) in [7, 11) is 0. The zero-order chi connectivity index (χ0) is 30.8. The quantitative estimate of drug-likeness (QED) is 0.197. The third-order valence-electron chi connectivity index (χ3n) is 11.1. The van der Waals surface area contributed by atoms with E-state index in [1.165, 1.54) is 55.2 Å². The lowest BCUT2D eigenvalue weighted by atomic mass is 9.70. The van der Waals surface area contributed by atoms with Gasteiger partial charge in [-0.1, -0.05) is 147 Å². The molecular formula is C45H37N. The second kappa shape index (κ2) is 10.5. The van der Waals surface area contributed by atoms with Gasteiger partial charge in [-0.05, 0) is 97.8 Å². The van der Waals surface area contributed by atoms with E-state index in [1.54, 1.807) is 0 Å². The Morgan fingerprint density at radius 2 is 1.24 bits per heavy atom. The highest BCUT2D eigenvalue weighted by molar-refractivity contribution is 6.01. The summed E-state index contributed by atoms with van der Waals surface area (Å²) in [5.41, 5.74) is 9.07. The smallest absolute Gasteiger partial charge is 0.0540 e. The molecule has 0 N–H and O–H groups in total. The molecule has 0 radical (unpaired) electrons. The van der Waals surface area contributed by atoms with Gasteiger partial charge in [0.1, 0.15) is 0 Å². The van der Waals surface area contributed by atoms with Crippen LogP contribution in [0.3, 0.4) is 0 Å². The van der Waals surface area contributed by atoms with Gasteiger partial charge in [0, 0.05) is 16.8 Å². The first-order chi connectivity index (χ1) is 22.6. The van der Waals surface area contributed by atoms with Gasteiger partial charge in [-0.3, -0.25) is 0 Å². The second-order valence-electron chi connectivity index (χ2n) is 13.8. The highest BCUT2D eigenvalue weighted by atomic mass is 15.1. The zero-order valence-electron chi connectivity index (χ0n) is 26.3. The van der Waals surface area contributed by atoms with Crippen molar-refractivity contribution >= 4 is 44.7 Å². The van der Waals surface area contributed by atoms with E-state index in [9.17, 15) is 0 Å². The van der Waals surface area contributed by atoms with E-state index in [-0.39, 0.29) is 5.41 Å². The van der Waals surface area contributed by atoms with Crippen molar-refractivity contribution in [3.05, 3.63) is 169 Å². The number of allylic oxidation sites excluding steroid dienone is 5. The number of hydrogen-bond acceptors (Lipinski definition) is 1. The van der Waals surface area contributed by atoms with Crippen LogP contribution in [0.4, 0.5) is 17.1 Å². The largest absolute Gasteiger partial charge is 0.310 e. The molecule has 0 amide bonds. The molecule has 9 rings (SSSR count). The van der Waals surface area contributed by atoms with Gasteiger partial charge in [-0.2, -0.15) is 0 Å². The molecule has 0 aromatic heterocycles. The highest BCUT2D eigenvalue weighted by Crippen LogP contribution is 2.62. The van der Waals surface area contributed by atoms with Crippen LogP contribution in [-0.4, -0.2) is 0 Å². The normalized spacial score (nSPS) is 22.0. The van der Waals surface area contributed by atoms with Crippen LogP contribution >= 0.6 is 0 Å². The van der Waals surface area contributed by atoms with Crippen molar-refractivity contribution < 1.29 is 0 Å². The van der Waals surface area contributed by atoms with Gasteiger partial charge in [-0.25, -0.2) is 0 Å². The number of benzene rings is 6. The minimum Gasteiger partial charge on any atom is -0.310 e. The minimum atomic E-state index is 0.221. The maximum Gasteiger partial charge on any atom is 0.0540 e. The van der Waals surface area contributed by atoms with Crippen molar-refractivity contribution in [3.63, 3.8) is 0 Å². The topological polar surface area (TPSA) is 3.24 Å². The molecule has 1 heteroatoms. The number of hydrogen-bond donors (Lipinski definition) is 0. The first-order valence-corrected chi connectivity index (χ1v) is 16.6. The molecule has 1 nitrogen and oxygen atoms in total. The van der Waals surface area contributed by atoms with Gasteiger partial charge in [0.2, 0.25) is 0 Å². The summed E-state index contributed by atoms with van der Waals surface area (Å²) in [6.45, 7) is 4.94. The Kier molecular flexibility index (Phi) is 6.18. The average molecular weight is 592 g/mol. The molecule has 1 saturated carbocycles. The van der Waals surface area contributed by atoms with Crippen molar-refractivity contribution in [2.24, 2.45) is 23.2 Å². The third-order valence-corrected chi connectivity index (χ3v) is 11.1. The van der Waals surface area contributed by atoms with Crippen LogP contribution in [0.1, 0.15) is 30.9 Å². The van der Waals surface area contributed by atoms with E-state index < -0.39 is 0 Å². The van der Waals surface area contributed by atoms with Crippen molar-refractivity contribution in [2.75, 3.05) is 4.90 Å². The molecule has 0 bridgehead atoms. The fraction of sp³-hybridized carbons (Fsp3) is 0.156. The fourth-order valence-electron chi connectivity index (χ4n) is 8.83. The Morgan fingerprint density at radius 1 is 0.543 bits per heavy atom. The SMILES string of the molecule is CC1(C)C2C=CC=CC2C2c3ccc4ccc(N(c5ccc(-c6ccccc6)cc5)c5cccc6ccccc56)cc4c3C=CC21. The molecule has 4 unspecified atom stereocenters. The molecule has 0 heterocycles. The van der Waals surface area contributed by atoms with Crippen LogP contribution in [0.2, 0.25) is 0 Å². The van der Waals surface area contributed by atoms with Crippen LogP contribution in [0.5, 0.6) is 0 Å². The highest BCUT2D eigenvalue weighted by Gasteiger charge is 2.54. The number of anilines is 3. The lowest BCUT2D eigenvalue weighted by Crippen LogP contribution is -2.25. The molecular weight excluding hydrogens is 555 g/mol. The zero-order valence-corrected chi connectivity index (χ0v) is 26.3. The van der Waals surface area contributed by atoms with Gasteiger partial charge < -0.3 is 4.90 Å². The van der Waals surface area contributed by atoms with Gasteiger partial charge in [0.05, 0.1) is 5.69 Å². The molecule has 0 spiro atoms. The van der Waals surface area contributed by atoms with Crippen molar-refractivity contribution in [1.82, 2.24) is 0 Å². The number of nitrogens with zero attached hydrogens (tertiary/aromatic N) is 1. The predicted molar refractivity (Wildman–Crippen MR) is 196 cm³/mol. The molecule has 4 atom stereocenters. The maximum absolute atomic E-state index is 2.53. The lowest BCUT2D eigenvalue weighted by Gasteiger charge is -2.34. The summed E-state index contributed by atoms with van der Waals surface area (Å²) in [4.78, 5) is 2.44. The summed E-state index contributed by atoms with van der Waals surface area (Å²) in [6, 6.07) is 46.8. The standard InChI is InChI=1S/C45H37N/c1-45(2)41-17-9-8-16-39(41)44-38-26-22-33-21-25-35(29-40(33)37(38)27-28-42(44)45)46(43-18-10-14-32-13-6-7-15-36(32)43)34-23-19-31(20-24-34)30-11-4-3-5-12-30/h3-29,39,41-42,44H,1-2H3. The Hall–Kier alpha value is -5.14. The molecule has 46 heavy (non-hydrogen) atoms. The predicted octanol–water partition coefficient (Wildman–Crippen LogP) is 12.3. The fourth-order valence-corrected chi connectivity index (χ4v) is 8.83. The Bertz CT molecular complexity index is 2190. The van der Waals surface area contributed by atoms with Gasteiger partial charge in [-0.15, -0.1) is 0 Å². The van der Waals surface area contributed by atoms with Crippen molar-refractivity contribution in [1.29, 1.82) is 0 Å². The maximum atomic E-state index is 2.53. The van der Waals surface area contributed by atoms with E-state index >= 15 is 0 Å². The van der Waals surface area contributed by atoms with E-state index in [0.29, 0.717) is 23.7 Å². The van der Waals surface area contributed by atoms with Crippen LogP contribution in [0, 0.1) is 23.2 Å². The van der Waals surface area contributed by atoms with E-state index in [1.807, 2.05) is 0 Å². The van der Waals surface area contributed by atoms with E-state index in [2.05, 4.69) is 183 Å². The minimum absolute atomic E-state index is 0.221. The van der Waals surface area contributed by atoms with Crippen molar-refractivity contribution in [3.8, 4) is 11.1 Å². The average Bonchev–Trinajstić information content (AvgIpc) is 3.35. The summed E-state index contributed by atoms with van der Waals surface area (Å²) >= 11 is 0. The van der Waals surface area contributed by atoms with Crippen molar-refractivity contribution in [2.45, 2.75) is 19.8 Å². The Labute approximate surface area is 271 Å². The number of fused-ring (bicyclic) bond motifs is 8. The van der Waals surface area contributed by atoms with Gasteiger partial charge >= 0.3 is 0 Å². The van der Waals surface area contributed by atoms with E-state index in [0.717, 1.165) is 5.69 Å². The van der Waals surface area contributed by atoms with Crippen LogP contribution in [-0.2, 0) is 0 Å². The molecule has 222 valence electrons. The molecule has 0 saturated heterocycles. The first kappa shape index (κ1) is 27.2. The van der Waals surface area contributed by atoms with Gasteiger partial charge in [0.15, 0.2) is 0 Å². The summed E-state index contributed by atoms with van der Waals surface area (Å²) in [5, 5.41) is 5.10. The molecule has 3 aliphatic rings. The monoisotopic (exact) mass is 591 g/mol. The second-order valence-corrected chi connectivity index (χ2v) is 13.8. The molecule has 6 aromatic rings. The van der Waals surface area contributed by atoms with Crippen LogP contribution < -0.4 is 4.90 Å². The Balaban J connectivity index is 1.22. The summed E-state index contributed by atoms with van der Waals surface area (Å²) in [6.07, 6.45) is 14.4. The number of rotatable bonds is 4. The van der Waals surface area contributed by atoms with Crippen LogP contribution in [0.25, 0.3) is 38.7 Å². The lowest BCUT2D eigenvalue weighted by molar-refractivity contribution is 0.241. The van der Waals surface area contributed by atoms with E-state index in [4.69, 9.17) is 0 Å². The molecule has 1 fully saturated rings. The third kappa shape index (κ3) is 4.15. The first-order valence-electron chi connectivity index (χ1n) is 16.6. The molecule has 3 aliphatic carbocycles. The summed E-state index contributed by atoms with van der Waals surface area (Å²) < 4.78 is 0. The molecule has 0 aliphatic heterocycles. The Morgan fingerprint density at radius 3 is 2.11 bits per heavy atom.